The van der Waals surface area contributed by atoms with E-state index in [1.54, 1.807) is 19.2 Å². The van der Waals surface area contributed by atoms with Gasteiger partial charge in [-0.25, -0.2) is 4.99 Å². The first kappa shape index (κ1) is 19.4. The predicted molar refractivity (Wildman–Crippen MR) is 112 cm³/mol. The molecule has 1 aliphatic rings. The molecule has 2 aromatic carbocycles. The highest BCUT2D eigenvalue weighted by atomic mass is 32.2. The Morgan fingerprint density at radius 3 is 2.59 bits per heavy atom. The monoisotopic (exact) mass is 385 g/mol. The molecule has 27 heavy (non-hydrogen) atoms. The third kappa shape index (κ3) is 5.57. The van der Waals surface area contributed by atoms with Crippen molar-refractivity contribution in [2.45, 2.75) is 36.0 Å². The third-order valence-electron chi connectivity index (χ3n) is 4.47. The molecule has 0 spiro atoms. The van der Waals surface area contributed by atoms with Crippen LogP contribution in [0.2, 0.25) is 0 Å². The Labute approximate surface area is 165 Å². The van der Waals surface area contributed by atoms with Gasteiger partial charge in [-0.05, 0) is 49.6 Å². The lowest BCUT2D eigenvalue weighted by molar-refractivity contribution is 0.373. The molecule has 6 heteroatoms. The Morgan fingerprint density at radius 2 is 1.96 bits per heavy atom. The van der Waals surface area contributed by atoms with Gasteiger partial charge in [0.1, 0.15) is 0 Å². The summed E-state index contributed by atoms with van der Waals surface area (Å²) in [6.07, 6.45) is 2.43. The number of rotatable bonds is 8. The molecule has 0 amide bonds. The summed E-state index contributed by atoms with van der Waals surface area (Å²) in [5.74, 6) is 1.41. The van der Waals surface area contributed by atoms with E-state index in [-0.39, 0.29) is 10.5 Å². The number of thioether (sulfide) groups is 1. The van der Waals surface area contributed by atoms with E-state index in [0.717, 1.165) is 24.6 Å². The summed E-state index contributed by atoms with van der Waals surface area (Å²) in [5.41, 5.74) is 0.935. The summed E-state index contributed by atoms with van der Waals surface area (Å²) in [7, 11) is 1.54. The van der Waals surface area contributed by atoms with Gasteiger partial charge in [0.2, 0.25) is 0 Å². The van der Waals surface area contributed by atoms with Crippen molar-refractivity contribution in [2.75, 3.05) is 20.2 Å². The fraction of sp³-hybridized carbons (Fsp3) is 0.381. The normalized spacial score (nSPS) is 15.3. The van der Waals surface area contributed by atoms with Gasteiger partial charge in [-0.2, -0.15) is 0 Å². The minimum absolute atomic E-state index is 0.138. The molecule has 3 N–H and O–H groups in total. The third-order valence-corrected chi connectivity index (χ3v) is 5.96. The van der Waals surface area contributed by atoms with Gasteiger partial charge in [-0.15, -0.1) is 11.8 Å². The highest BCUT2D eigenvalue weighted by molar-refractivity contribution is 8.01. The number of hydrogen-bond acceptors (Lipinski definition) is 4. The molecule has 0 unspecified atom stereocenters. The first-order chi connectivity index (χ1) is 13.1. The molecule has 0 atom stereocenters. The molecule has 0 saturated heterocycles. The van der Waals surface area contributed by atoms with Crippen LogP contribution in [0.5, 0.6) is 11.5 Å². The Kier molecular flexibility index (Phi) is 6.50. The maximum atomic E-state index is 9.91. The van der Waals surface area contributed by atoms with Gasteiger partial charge in [0.15, 0.2) is 17.5 Å². The second kappa shape index (κ2) is 9.04. The molecular weight excluding hydrogens is 358 g/mol. The average molecular weight is 386 g/mol. The second-order valence-electron chi connectivity index (χ2n) is 6.65. The van der Waals surface area contributed by atoms with Crippen LogP contribution in [0.4, 0.5) is 0 Å². The zero-order valence-electron chi connectivity index (χ0n) is 15.9. The molecule has 3 rings (SSSR count). The van der Waals surface area contributed by atoms with E-state index in [1.807, 2.05) is 17.8 Å². The number of nitrogens with one attached hydrogen (secondary N) is 2. The van der Waals surface area contributed by atoms with E-state index in [4.69, 9.17) is 4.74 Å². The largest absolute Gasteiger partial charge is 0.504 e. The first-order valence-corrected chi connectivity index (χ1v) is 10.1. The number of aromatic hydroxyl groups is 1. The van der Waals surface area contributed by atoms with E-state index in [2.05, 4.69) is 52.9 Å². The Morgan fingerprint density at radius 1 is 1.19 bits per heavy atom. The molecule has 1 saturated carbocycles. The molecule has 0 aliphatic heterocycles. The fourth-order valence-corrected chi connectivity index (χ4v) is 4.03. The Balaban J connectivity index is 1.58. The van der Waals surface area contributed by atoms with Crippen LogP contribution in [-0.4, -0.2) is 36.0 Å². The van der Waals surface area contributed by atoms with Crippen molar-refractivity contribution in [3.8, 4) is 11.5 Å². The van der Waals surface area contributed by atoms with Gasteiger partial charge in [0.25, 0.3) is 0 Å². The van der Waals surface area contributed by atoms with E-state index in [9.17, 15) is 5.11 Å². The first-order valence-electron chi connectivity index (χ1n) is 9.26. The molecule has 0 radical (unpaired) electrons. The van der Waals surface area contributed by atoms with Crippen molar-refractivity contribution in [3.63, 3.8) is 0 Å². The minimum Gasteiger partial charge on any atom is -0.504 e. The number of benzene rings is 2. The molecular formula is C21H27N3O2S. The van der Waals surface area contributed by atoms with Crippen molar-refractivity contribution in [1.29, 1.82) is 0 Å². The maximum Gasteiger partial charge on any atom is 0.191 e. The van der Waals surface area contributed by atoms with Crippen molar-refractivity contribution >= 4 is 17.7 Å². The SMILES string of the molecule is CCNC(=NCc1ccc(OC)c(O)c1)NCC1(Sc2ccccc2)CC1. The average Bonchev–Trinajstić information content (AvgIpc) is 3.44. The maximum absolute atomic E-state index is 9.91. The highest BCUT2D eigenvalue weighted by Crippen LogP contribution is 2.51. The topological polar surface area (TPSA) is 65.9 Å². The molecule has 0 aromatic heterocycles. The van der Waals surface area contributed by atoms with E-state index in [1.165, 1.54) is 17.7 Å². The van der Waals surface area contributed by atoms with Gasteiger partial charge in [-0.1, -0.05) is 24.3 Å². The Bertz CT molecular complexity index is 776. The summed E-state index contributed by atoms with van der Waals surface area (Å²) in [4.78, 5) is 5.96. The van der Waals surface area contributed by atoms with E-state index < -0.39 is 0 Å². The van der Waals surface area contributed by atoms with Crippen LogP contribution in [0.25, 0.3) is 0 Å². The summed E-state index contributed by atoms with van der Waals surface area (Å²) in [5, 5.41) is 16.7. The Hall–Kier alpha value is -2.34. The lowest BCUT2D eigenvalue weighted by atomic mass is 10.2. The lowest BCUT2D eigenvalue weighted by Gasteiger charge is -2.18. The summed E-state index contributed by atoms with van der Waals surface area (Å²) < 4.78 is 5.34. The zero-order chi connectivity index (χ0) is 19.1. The molecule has 0 heterocycles. The number of hydrogen-bond donors (Lipinski definition) is 3. The van der Waals surface area contributed by atoms with Crippen LogP contribution in [0, 0.1) is 0 Å². The molecule has 1 fully saturated rings. The number of ether oxygens (including phenoxy) is 1. The van der Waals surface area contributed by atoms with E-state index >= 15 is 0 Å². The molecule has 2 aromatic rings. The van der Waals surface area contributed by atoms with Crippen molar-refractivity contribution < 1.29 is 9.84 Å². The smallest absolute Gasteiger partial charge is 0.191 e. The number of phenols is 1. The number of guanidine groups is 1. The summed E-state index contributed by atoms with van der Waals surface area (Å²) >= 11 is 1.95. The zero-order valence-corrected chi connectivity index (χ0v) is 16.7. The summed E-state index contributed by atoms with van der Waals surface area (Å²) in [6.45, 7) is 4.23. The lowest BCUT2D eigenvalue weighted by Crippen LogP contribution is -2.41. The standard InChI is InChI=1S/C21H27N3O2S/c1-3-22-20(23-14-16-9-10-19(26-2)18(25)13-16)24-15-21(11-12-21)27-17-7-5-4-6-8-17/h4-10,13,25H,3,11-12,14-15H2,1-2H3,(H2,22,23,24). The molecule has 1 aliphatic carbocycles. The van der Waals surface area contributed by atoms with Crippen LogP contribution in [-0.2, 0) is 6.54 Å². The van der Waals surface area contributed by atoms with Gasteiger partial charge >= 0.3 is 0 Å². The van der Waals surface area contributed by atoms with E-state index in [0.29, 0.717) is 12.3 Å². The fourth-order valence-electron chi connectivity index (χ4n) is 2.78. The van der Waals surface area contributed by atoms with Gasteiger partial charge in [0.05, 0.1) is 13.7 Å². The van der Waals surface area contributed by atoms with Crippen LogP contribution >= 0.6 is 11.8 Å². The summed E-state index contributed by atoms with van der Waals surface area (Å²) in [6, 6.07) is 15.9. The van der Waals surface area contributed by atoms with Gasteiger partial charge < -0.3 is 20.5 Å². The molecule has 144 valence electrons. The number of phenolic OH excluding ortho intramolecular Hbond substituents is 1. The van der Waals surface area contributed by atoms with Crippen LogP contribution < -0.4 is 15.4 Å². The quantitative estimate of drug-likeness (QED) is 0.477. The van der Waals surface area contributed by atoms with Gasteiger partial charge in [-0.3, -0.25) is 0 Å². The molecule has 0 bridgehead atoms. The minimum atomic E-state index is 0.138. The number of nitrogens with zero attached hydrogens (tertiary/aromatic N) is 1. The second-order valence-corrected chi connectivity index (χ2v) is 8.19. The predicted octanol–water partition coefficient (Wildman–Crippen LogP) is 3.78. The van der Waals surface area contributed by atoms with Gasteiger partial charge in [0, 0.05) is 22.7 Å². The molecule has 5 nitrogen and oxygen atoms in total. The van der Waals surface area contributed by atoms with Crippen molar-refractivity contribution in [3.05, 3.63) is 54.1 Å². The van der Waals surface area contributed by atoms with Crippen LogP contribution in [0.15, 0.2) is 58.4 Å². The number of methoxy groups -OCH3 is 1. The van der Waals surface area contributed by atoms with Crippen LogP contribution in [0.3, 0.4) is 0 Å². The van der Waals surface area contributed by atoms with Crippen molar-refractivity contribution in [1.82, 2.24) is 10.6 Å². The van der Waals surface area contributed by atoms with Crippen LogP contribution in [0.1, 0.15) is 25.3 Å². The highest BCUT2D eigenvalue weighted by Gasteiger charge is 2.43. The number of aliphatic imine (C=N–C) groups is 1. The van der Waals surface area contributed by atoms with Crippen molar-refractivity contribution in [2.24, 2.45) is 4.99 Å².